The molecule has 0 aromatic heterocycles. The molecule has 0 atom stereocenters. The van der Waals surface area contributed by atoms with E-state index >= 15 is 0 Å². The molecule has 118 valence electrons. The van der Waals surface area contributed by atoms with Gasteiger partial charge in [-0.15, -0.1) is 0 Å². The summed E-state index contributed by atoms with van der Waals surface area (Å²) in [6.07, 6.45) is 4.24. The largest absolute Gasteiger partial charge is 0.493 e. The molecule has 0 bridgehead atoms. The zero-order valence-electron chi connectivity index (χ0n) is 13.2. The van der Waals surface area contributed by atoms with Gasteiger partial charge in [-0.05, 0) is 43.9 Å². The number of aryl methyl sites for hydroxylation is 2. The summed E-state index contributed by atoms with van der Waals surface area (Å²) >= 11 is 0. The van der Waals surface area contributed by atoms with E-state index in [-0.39, 0.29) is 12.5 Å². The summed E-state index contributed by atoms with van der Waals surface area (Å²) < 4.78 is 5.66. The Labute approximate surface area is 127 Å². The van der Waals surface area contributed by atoms with E-state index in [1.165, 1.54) is 0 Å². The number of carbonyl (C=O) groups is 1. The van der Waals surface area contributed by atoms with E-state index < -0.39 is 0 Å². The van der Waals surface area contributed by atoms with Crippen molar-refractivity contribution in [3.05, 3.63) is 29.3 Å². The van der Waals surface area contributed by atoms with E-state index in [2.05, 4.69) is 5.32 Å². The van der Waals surface area contributed by atoms with Crippen LogP contribution in [0, 0.1) is 13.8 Å². The van der Waals surface area contributed by atoms with E-state index in [4.69, 9.17) is 9.84 Å². The molecule has 0 spiro atoms. The van der Waals surface area contributed by atoms with Crippen LogP contribution in [0.2, 0.25) is 0 Å². The number of nitrogens with one attached hydrogen (secondary N) is 1. The third-order valence-corrected chi connectivity index (χ3v) is 3.34. The molecule has 0 aliphatic carbocycles. The Bertz CT molecular complexity index is 432. The van der Waals surface area contributed by atoms with Crippen LogP contribution in [0.25, 0.3) is 0 Å². The smallest absolute Gasteiger partial charge is 0.223 e. The molecule has 0 unspecified atom stereocenters. The Kier molecular flexibility index (Phi) is 8.51. The Hall–Kier alpha value is -1.55. The van der Waals surface area contributed by atoms with Crippen molar-refractivity contribution in [3.63, 3.8) is 0 Å². The van der Waals surface area contributed by atoms with Gasteiger partial charge >= 0.3 is 0 Å². The number of benzene rings is 1. The third kappa shape index (κ3) is 7.71. The molecule has 0 radical (unpaired) electrons. The molecule has 1 amide bonds. The van der Waals surface area contributed by atoms with Crippen molar-refractivity contribution < 1.29 is 14.6 Å². The van der Waals surface area contributed by atoms with Crippen molar-refractivity contribution in [2.45, 2.75) is 46.0 Å². The average molecular weight is 293 g/mol. The van der Waals surface area contributed by atoms with Crippen molar-refractivity contribution in [1.82, 2.24) is 5.32 Å². The monoisotopic (exact) mass is 293 g/mol. The number of hydrogen-bond donors (Lipinski definition) is 2. The predicted octanol–water partition coefficient (Wildman–Crippen LogP) is 2.74. The van der Waals surface area contributed by atoms with Gasteiger partial charge in [0.2, 0.25) is 5.91 Å². The first-order valence-corrected chi connectivity index (χ1v) is 7.71. The van der Waals surface area contributed by atoms with Crippen LogP contribution >= 0.6 is 0 Å². The maximum Gasteiger partial charge on any atom is 0.223 e. The van der Waals surface area contributed by atoms with Crippen molar-refractivity contribution in [2.24, 2.45) is 0 Å². The van der Waals surface area contributed by atoms with E-state index in [0.29, 0.717) is 19.6 Å². The SMILES string of the molecule is Cc1ccc(C)c(OCCC(=O)NCCCCCCO)c1. The molecular formula is C17H27NO3. The second-order valence-electron chi connectivity index (χ2n) is 5.36. The van der Waals surface area contributed by atoms with Crippen molar-refractivity contribution in [1.29, 1.82) is 0 Å². The number of unbranched alkanes of at least 4 members (excludes halogenated alkanes) is 3. The Morgan fingerprint density at radius 1 is 1.19 bits per heavy atom. The normalized spacial score (nSPS) is 10.4. The Morgan fingerprint density at radius 2 is 1.95 bits per heavy atom. The van der Waals surface area contributed by atoms with Crippen LogP contribution < -0.4 is 10.1 Å². The molecule has 0 heterocycles. The highest BCUT2D eigenvalue weighted by Crippen LogP contribution is 2.19. The van der Waals surface area contributed by atoms with E-state index in [9.17, 15) is 4.79 Å². The lowest BCUT2D eigenvalue weighted by molar-refractivity contribution is -0.121. The van der Waals surface area contributed by atoms with Gasteiger partial charge in [0.1, 0.15) is 5.75 Å². The molecule has 0 aliphatic rings. The minimum Gasteiger partial charge on any atom is -0.493 e. The fraction of sp³-hybridized carbons (Fsp3) is 0.588. The molecular weight excluding hydrogens is 266 g/mol. The third-order valence-electron chi connectivity index (χ3n) is 3.34. The molecule has 21 heavy (non-hydrogen) atoms. The summed E-state index contributed by atoms with van der Waals surface area (Å²) in [7, 11) is 0. The van der Waals surface area contributed by atoms with Crippen LogP contribution in [-0.4, -0.2) is 30.8 Å². The van der Waals surface area contributed by atoms with Gasteiger partial charge in [-0.3, -0.25) is 4.79 Å². The standard InChI is InChI=1S/C17H27NO3/c1-14-7-8-15(2)16(13-14)21-12-9-17(20)18-10-5-3-4-6-11-19/h7-8,13,19H,3-6,9-12H2,1-2H3,(H,18,20). The highest BCUT2D eigenvalue weighted by molar-refractivity contribution is 5.75. The van der Waals surface area contributed by atoms with Crippen LogP contribution in [-0.2, 0) is 4.79 Å². The molecule has 4 heteroatoms. The number of aliphatic hydroxyl groups is 1. The maximum atomic E-state index is 11.6. The van der Waals surface area contributed by atoms with Gasteiger partial charge in [-0.25, -0.2) is 0 Å². The van der Waals surface area contributed by atoms with Gasteiger partial charge < -0.3 is 15.2 Å². The molecule has 1 aromatic carbocycles. The minimum atomic E-state index is 0.0301. The fourth-order valence-electron chi connectivity index (χ4n) is 2.02. The number of hydrogen-bond acceptors (Lipinski definition) is 3. The summed E-state index contributed by atoms with van der Waals surface area (Å²) in [6.45, 7) is 5.38. The van der Waals surface area contributed by atoms with Crippen LogP contribution in [0.4, 0.5) is 0 Å². The van der Waals surface area contributed by atoms with E-state index in [1.54, 1.807) is 0 Å². The van der Waals surface area contributed by atoms with Crippen molar-refractivity contribution in [3.8, 4) is 5.75 Å². The first-order chi connectivity index (χ1) is 10.1. The minimum absolute atomic E-state index is 0.0301. The number of carbonyl (C=O) groups excluding carboxylic acids is 1. The molecule has 0 fully saturated rings. The second-order valence-corrected chi connectivity index (χ2v) is 5.36. The Balaban J connectivity index is 2.12. The van der Waals surface area contributed by atoms with Crippen LogP contribution in [0.15, 0.2) is 18.2 Å². The number of ether oxygens (including phenoxy) is 1. The van der Waals surface area contributed by atoms with Crippen molar-refractivity contribution in [2.75, 3.05) is 19.8 Å². The molecule has 0 saturated carbocycles. The van der Waals surface area contributed by atoms with Crippen molar-refractivity contribution >= 4 is 5.91 Å². The maximum absolute atomic E-state index is 11.6. The van der Waals surface area contributed by atoms with Gasteiger partial charge in [0, 0.05) is 13.2 Å². The lowest BCUT2D eigenvalue weighted by Gasteiger charge is -2.10. The first kappa shape index (κ1) is 17.5. The van der Waals surface area contributed by atoms with Crippen LogP contribution in [0.1, 0.15) is 43.2 Å². The number of rotatable bonds is 10. The summed E-state index contributed by atoms with van der Waals surface area (Å²) in [5, 5.41) is 11.5. The van der Waals surface area contributed by atoms with Crippen LogP contribution in [0.3, 0.4) is 0 Å². The highest BCUT2D eigenvalue weighted by Gasteiger charge is 2.03. The molecule has 0 saturated heterocycles. The van der Waals surface area contributed by atoms with Gasteiger partial charge in [-0.2, -0.15) is 0 Å². The predicted molar refractivity (Wildman–Crippen MR) is 84.6 cm³/mol. The highest BCUT2D eigenvalue weighted by atomic mass is 16.5. The molecule has 4 nitrogen and oxygen atoms in total. The second kappa shape index (κ2) is 10.2. The lowest BCUT2D eigenvalue weighted by Crippen LogP contribution is -2.25. The van der Waals surface area contributed by atoms with Crippen LogP contribution in [0.5, 0.6) is 5.75 Å². The molecule has 1 rings (SSSR count). The summed E-state index contributed by atoms with van der Waals surface area (Å²) in [5.41, 5.74) is 2.24. The zero-order chi connectivity index (χ0) is 15.5. The van der Waals surface area contributed by atoms with Gasteiger partial charge in [0.25, 0.3) is 0 Å². The lowest BCUT2D eigenvalue weighted by atomic mass is 10.1. The van der Waals surface area contributed by atoms with Gasteiger partial charge in [0.15, 0.2) is 0 Å². The molecule has 0 aliphatic heterocycles. The summed E-state index contributed by atoms with van der Waals surface area (Å²) in [4.78, 5) is 11.6. The topological polar surface area (TPSA) is 58.6 Å². The van der Waals surface area contributed by atoms with E-state index in [1.807, 2.05) is 32.0 Å². The average Bonchev–Trinajstić information content (AvgIpc) is 2.46. The molecule has 2 N–H and O–H groups in total. The van der Waals surface area contributed by atoms with Gasteiger partial charge in [0.05, 0.1) is 13.0 Å². The summed E-state index contributed by atoms with van der Waals surface area (Å²) in [6, 6.07) is 6.07. The quantitative estimate of drug-likeness (QED) is 0.652. The zero-order valence-corrected chi connectivity index (χ0v) is 13.2. The number of aliphatic hydroxyl groups excluding tert-OH is 1. The summed E-state index contributed by atoms with van der Waals surface area (Å²) in [5.74, 6) is 0.884. The van der Waals surface area contributed by atoms with E-state index in [0.717, 1.165) is 42.6 Å². The Morgan fingerprint density at radius 3 is 2.71 bits per heavy atom. The van der Waals surface area contributed by atoms with Gasteiger partial charge in [-0.1, -0.05) is 25.0 Å². The number of amides is 1. The molecule has 1 aromatic rings. The fourth-order valence-corrected chi connectivity index (χ4v) is 2.02. The first-order valence-electron chi connectivity index (χ1n) is 7.71.